The lowest BCUT2D eigenvalue weighted by molar-refractivity contribution is 0.570. The van der Waals surface area contributed by atoms with Crippen molar-refractivity contribution in [3.63, 3.8) is 0 Å². The summed E-state index contributed by atoms with van der Waals surface area (Å²) in [4.78, 5) is 22.4. The van der Waals surface area contributed by atoms with Gasteiger partial charge in [-0.2, -0.15) is 0 Å². The maximum atomic E-state index is 5.69. The number of fused-ring (bicyclic) bond motifs is 9. The second kappa shape index (κ2) is 19.9. The van der Waals surface area contributed by atoms with Crippen molar-refractivity contribution in [2.45, 2.75) is 157 Å². The third-order valence-electron chi connectivity index (χ3n) is 17.9. The Morgan fingerprint density at radius 2 is 0.586 bits per heavy atom. The molecular weight excluding hydrogens is 1060 g/mol. The van der Waals surface area contributed by atoms with E-state index in [2.05, 4.69) is 314 Å². The van der Waals surface area contributed by atoms with Crippen LogP contribution < -0.4 is 0 Å². The fraction of sp³-hybridized carbons (Fsp3) is 0.300. The molecule has 6 aromatic heterocycles. The average Bonchev–Trinajstić information content (AvgIpc) is 1.61. The molecule has 438 valence electrons. The minimum Gasteiger partial charge on any atom is -0.307 e. The largest absolute Gasteiger partial charge is 0.307 e. The van der Waals surface area contributed by atoms with Crippen molar-refractivity contribution in [3.8, 4) is 51.0 Å². The Bertz CT molecular complexity index is 4450. The van der Waals surface area contributed by atoms with E-state index in [0.29, 0.717) is 5.82 Å². The molecule has 6 heterocycles. The van der Waals surface area contributed by atoms with Crippen molar-refractivity contribution in [1.29, 1.82) is 0 Å². The summed E-state index contributed by atoms with van der Waals surface area (Å²) in [6, 6.07) is 65.7. The molecule has 0 fully saturated rings. The Kier molecular flexibility index (Phi) is 13.1. The minimum atomic E-state index is -0.224. The van der Waals surface area contributed by atoms with Crippen molar-refractivity contribution < 1.29 is 0 Å². The van der Waals surface area contributed by atoms with Crippen LogP contribution in [0, 0.1) is 0 Å². The summed E-state index contributed by atoms with van der Waals surface area (Å²) in [6.45, 7) is 41.3. The molecule has 0 saturated heterocycles. The summed E-state index contributed by atoms with van der Waals surface area (Å²) < 4.78 is 7.61. The minimum absolute atomic E-state index is 0.0978. The van der Waals surface area contributed by atoms with Crippen LogP contribution in [0.1, 0.15) is 158 Å². The van der Waals surface area contributed by atoms with Gasteiger partial charge in [-0.1, -0.05) is 210 Å². The van der Waals surface area contributed by atoms with Gasteiger partial charge in [-0.3, -0.25) is 0 Å². The Balaban J connectivity index is 1.30. The van der Waals surface area contributed by atoms with Crippen LogP contribution >= 0.6 is 0 Å². The topological polar surface area (TPSA) is 66.3 Å². The summed E-state index contributed by atoms with van der Waals surface area (Å²) in [5.41, 5.74) is 22.0. The highest BCUT2D eigenvalue weighted by Crippen LogP contribution is 2.47. The molecule has 0 saturated carbocycles. The molecule has 0 radical (unpaired) electrons. The standard InChI is InChI=1S/C80H83N7/c1-75(2,3)51-29-33-61-55(43-51)56-44-52(76(4,5)6)30-34-62(56)85(61)67-41-50(60-47-59(48-25-21-19-22-26-48)81-74(82-60)49-27-23-20-24-28-49)42-68(86-63-35-31-53(77(7,8)9)45-57(63)58-46-54(78(10,11)12)32-36-64(58)86)73(67)87-65-37-39-69(79(13,14)15)83-71(65)72-66(87)38-40-70(84-72)80(16,17)18/h19-47H,1-18H3. The molecule has 0 aliphatic carbocycles. The van der Waals surface area contributed by atoms with E-state index in [1.54, 1.807) is 0 Å². The number of aromatic nitrogens is 7. The first kappa shape index (κ1) is 57.4. The Labute approximate surface area is 514 Å². The van der Waals surface area contributed by atoms with Crippen molar-refractivity contribution in [2.75, 3.05) is 0 Å². The van der Waals surface area contributed by atoms with E-state index in [1.165, 1.54) is 43.8 Å². The second-order valence-corrected chi connectivity index (χ2v) is 30.6. The predicted octanol–water partition coefficient (Wildman–Crippen LogP) is 21.3. The highest BCUT2D eigenvalue weighted by atomic mass is 15.1. The number of pyridine rings is 2. The molecule has 7 aromatic carbocycles. The summed E-state index contributed by atoms with van der Waals surface area (Å²) in [7, 11) is 0. The first-order chi connectivity index (χ1) is 40.9. The molecule has 0 N–H and O–H groups in total. The molecule has 7 nitrogen and oxygen atoms in total. The van der Waals surface area contributed by atoms with Crippen LogP contribution in [0.4, 0.5) is 0 Å². The number of benzene rings is 7. The fourth-order valence-electron chi connectivity index (χ4n) is 12.6. The van der Waals surface area contributed by atoms with Gasteiger partial charge in [0.1, 0.15) is 11.0 Å². The van der Waals surface area contributed by atoms with Gasteiger partial charge in [0.05, 0.1) is 61.6 Å². The molecule has 0 amide bonds. The molecule has 0 aliphatic heterocycles. The molecule has 13 rings (SSSR count). The Hall–Kier alpha value is -8.68. The van der Waals surface area contributed by atoms with E-state index in [-0.39, 0.29) is 32.5 Å². The highest BCUT2D eigenvalue weighted by Gasteiger charge is 2.32. The van der Waals surface area contributed by atoms with Gasteiger partial charge in [0.25, 0.3) is 0 Å². The van der Waals surface area contributed by atoms with Gasteiger partial charge in [-0.05, 0) is 135 Å². The summed E-state index contributed by atoms with van der Waals surface area (Å²) in [6.07, 6.45) is 0. The van der Waals surface area contributed by atoms with E-state index in [0.717, 1.165) is 101 Å². The van der Waals surface area contributed by atoms with Gasteiger partial charge in [-0.25, -0.2) is 19.9 Å². The van der Waals surface area contributed by atoms with Crippen molar-refractivity contribution in [1.82, 2.24) is 33.6 Å². The van der Waals surface area contributed by atoms with Crippen LogP contribution in [-0.4, -0.2) is 33.6 Å². The lowest BCUT2D eigenvalue weighted by Gasteiger charge is -2.25. The van der Waals surface area contributed by atoms with Crippen molar-refractivity contribution in [2.24, 2.45) is 0 Å². The lowest BCUT2D eigenvalue weighted by Crippen LogP contribution is -2.14. The SMILES string of the molecule is CC(C)(C)c1ccc2c(c1)c1cc(C(C)(C)C)ccc1n2-c1cc(-c2cc(-c3ccccc3)nc(-c3ccccc3)n2)cc(-n2c3ccc(C(C)(C)C)cc3c3cc(C(C)(C)C)ccc32)c1-n1c2ccc(C(C)(C)C)nc2c2nc(C(C)(C)C)ccc21. The molecule has 0 unspecified atom stereocenters. The average molecular weight is 1140 g/mol. The highest BCUT2D eigenvalue weighted by molar-refractivity contribution is 6.13. The van der Waals surface area contributed by atoms with Crippen LogP contribution in [0.5, 0.6) is 0 Å². The van der Waals surface area contributed by atoms with E-state index in [4.69, 9.17) is 19.9 Å². The maximum Gasteiger partial charge on any atom is 0.160 e. The van der Waals surface area contributed by atoms with Gasteiger partial charge in [-0.15, -0.1) is 0 Å². The normalized spacial score (nSPS) is 13.2. The van der Waals surface area contributed by atoms with Gasteiger partial charge in [0.2, 0.25) is 0 Å². The molecule has 0 spiro atoms. The molecule has 0 aliphatic rings. The van der Waals surface area contributed by atoms with Gasteiger partial charge in [0, 0.05) is 60.5 Å². The first-order valence-corrected chi connectivity index (χ1v) is 31.1. The monoisotopic (exact) mass is 1140 g/mol. The number of hydrogen-bond acceptors (Lipinski definition) is 4. The number of nitrogens with zero attached hydrogens (tertiary/aromatic N) is 7. The van der Waals surface area contributed by atoms with Crippen LogP contribution in [0.2, 0.25) is 0 Å². The molecule has 13 aromatic rings. The van der Waals surface area contributed by atoms with Gasteiger partial charge >= 0.3 is 0 Å². The van der Waals surface area contributed by atoms with Crippen LogP contribution in [-0.2, 0) is 32.5 Å². The molecular formula is C80H83N7. The molecule has 0 bridgehead atoms. The van der Waals surface area contributed by atoms with E-state index >= 15 is 0 Å². The maximum absolute atomic E-state index is 5.69. The Morgan fingerprint density at radius 3 is 0.920 bits per heavy atom. The van der Waals surface area contributed by atoms with Crippen molar-refractivity contribution >= 4 is 65.7 Å². The van der Waals surface area contributed by atoms with Crippen LogP contribution in [0.3, 0.4) is 0 Å². The third kappa shape index (κ3) is 10.0. The third-order valence-corrected chi connectivity index (χ3v) is 17.9. The second-order valence-electron chi connectivity index (χ2n) is 30.6. The smallest absolute Gasteiger partial charge is 0.160 e. The number of rotatable bonds is 6. The zero-order chi connectivity index (χ0) is 61.7. The molecule has 87 heavy (non-hydrogen) atoms. The van der Waals surface area contributed by atoms with Gasteiger partial charge < -0.3 is 13.7 Å². The predicted molar refractivity (Wildman–Crippen MR) is 369 cm³/mol. The van der Waals surface area contributed by atoms with Crippen molar-refractivity contribution in [3.05, 3.63) is 210 Å². The van der Waals surface area contributed by atoms with Gasteiger partial charge in [0.15, 0.2) is 5.82 Å². The fourth-order valence-corrected chi connectivity index (χ4v) is 12.6. The van der Waals surface area contributed by atoms with E-state index in [1.807, 2.05) is 0 Å². The quantitative estimate of drug-likeness (QED) is 0.166. The lowest BCUT2D eigenvalue weighted by atomic mass is 9.85. The first-order valence-electron chi connectivity index (χ1n) is 31.1. The summed E-state index contributed by atoms with van der Waals surface area (Å²) >= 11 is 0. The van der Waals surface area contributed by atoms with Crippen LogP contribution in [0.25, 0.3) is 117 Å². The number of hydrogen-bond donors (Lipinski definition) is 0. The summed E-state index contributed by atoms with van der Waals surface area (Å²) in [5, 5.41) is 4.82. The van der Waals surface area contributed by atoms with E-state index in [9.17, 15) is 0 Å². The zero-order valence-electron chi connectivity index (χ0n) is 54.4. The Morgan fingerprint density at radius 1 is 0.264 bits per heavy atom. The molecule has 0 atom stereocenters. The van der Waals surface area contributed by atoms with E-state index < -0.39 is 0 Å². The zero-order valence-corrected chi connectivity index (χ0v) is 54.4. The summed E-state index contributed by atoms with van der Waals surface area (Å²) in [5.74, 6) is 0.658. The molecule has 7 heteroatoms. The van der Waals surface area contributed by atoms with Crippen LogP contribution in [0.15, 0.2) is 176 Å².